The molecule has 1 aromatic heterocycles. The summed E-state index contributed by atoms with van der Waals surface area (Å²) in [5.41, 5.74) is 2.58. The molecule has 6 nitrogen and oxygen atoms in total. The molecule has 1 atom stereocenters. The number of aliphatic hydroxyl groups is 1. The van der Waals surface area contributed by atoms with Crippen molar-refractivity contribution in [1.29, 1.82) is 0 Å². The number of carbonyl (C=O) groups is 1. The minimum atomic E-state index is -0.627. The highest BCUT2D eigenvalue weighted by Crippen LogP contribution is 2.19. The van der Waals surface area contributed by atoms with Gasteiger partial charge in [-0.2, -0.15) is 0 Å². The molecule has 0 unspecified atom stereocenters. The Hall–Kier alpha value is -3.06. The summed E-state index contributed by atoms with van der Waals surface area (Å²) in [6, 6.07) is 12.7. The van der Waals surface area contributed by atoms with Gasteiger partial charge in [-0.3, -0.25) is 4.79 Å². The van der Waals surface area contributed by atoms with E-state index >= 15 is 0 Å². The van der Waals surface area contributed by atoms with Gasteiger partial charge in [-0.15, -0.1) is 5.10 Å². The van der Waals surface area contributed by atoms with Crippen LogP contribution in [0.5, 0.6) is 0 Å². The fraction of sp³-hybridized carbons (Fsp3) is 0.167. The molecule has 2 aromatic carbocycles. The SMILES string of the molecule is Cc1c(C(=O)Nc2cccc([C@H](C)O)c2)nnn1-c1ccc(F)cc1. The average molecular weight is 340 g/mol. The van der Waals surface area contributed by atoms with Gasteiger partial charge >= 0.3 is 0 Å². The van der Waals surface area contributed by atoms with Crippen LogP contribution in [0.4, 0.5) is 10.1 Å². The number of hydrogen-bond acceptors (Lipinski definition) is 4. The molecule has 2 N–H and O–H groups in total. The number of hydrogen-bond donors (Lipinski definition) is 2. The Labute approximate surface area is 143 Å². The molecule has 0 saturated heterocycles. The van der Waals surface area contributed by atoms with Crippen LogP contribution in [-0.4, -0.2) is 26.0 Å². The molecule has 0 aliphatic heterocycles. The zero-order valence-corrected chi connectivity index (χ0v) is 13.8. The van der Waals surface area contributed by atoms with E-state index in [9.17, 15) is 14.3 Å². The van der Waals surface area contributed by atoms with Gasteiger partial charge in [0.05, 0.1) is 17.5 Å². The Bertz CT molecular complexity index is 904. The molecule has 0 fully saturated rings. The van der Waals surface area contributed by atoms with Gasteiger partial charge in [0.15, 0.2) is 5.69 Å². The fourth-order valence-corrected chi connectivity index (χ4v) is 2.43. The van der Waals surface area contributed by atoms with Gasteiger partial charge in [-0.1, -0.05) is 17.3 Å². The molecule has 1 heterocycles. The summed E-state index contributed by atoms with van der Waals surface area (Å²) in [5, 5.41) is 20.3. The van der Waals surface area contributed by atoms with Crippen LogP contribution in [0.25, 0.3) is 5.69 Å². The van der Waals surface area contributed by atoms with Crippen LogP contribution in [0.15, 0.2) is 48.5 Å². The van der Waals surface area contributed by atoms with Crippen LogP contribution >= 0.6 is 0 Å². The maximum absolute atomic E-state index is 13.0. The maximum Gasteiger partial charge on any atom is 0.278 e. The molecule has 0 aliphatic carbocycles. The number of aromatic nitrogens is 3. The number of halogens is 1. The summed E-state index contributed by atoms with van der Waals surface area (Å²) in [6.45, 7) is 3.36. The number of benzene rings is 2. The van der Waals surface area contributed by atoms with Crippen molar-refractivity contribution < 1.29 is 14.3 Å². The Morgan fingerprint density at radius 3 is 2.64 bits per heavy atom. The smallest absolute Gasteiger partial charge is 0.278 e. The molecule has 3 aromatic rings. The van der Waals surface area contributed by atoms with Gasteiger partial charge < -0.3 is 10.4 Å². The van der Waals surface area contributed by atoms with E-state index < -0.39 is 12.0 Å². The van der Waals surface area contributed by atoms with E-state index in [0.717, 1.165) is 0 Å². The van der Waals surface area contributed by atoms with Gasteiger partial charge in [0.2, 0.25) is 0 Å². The van der Waals surface area contributed by atoms with Crippen LogP contribution < -0.4 is 5.32 Å². The number of nitrogens with one attached hydrogen (secondary N) is 1. The first-order valence-electron chi connectivity index (χ1n) is 7.73. The number of anilines is 1. The second-order valence-corrected chi connectivity index (χ2v) is 5.67. The highest BCUT2D eigenvalue weighted by Gasteiger charge is 2.18. The van der Waals surface area contributed by atoms with Crippen molar-refractivity contribution in [3.8, 4) is 5.69 Å². The Balaban J connectivity index is 1.84. The van der Waals surface area contributed by atoms with Gasteiger partial charge in [0, 0.05) is 5.69 Å². The van der Waals surface area contributed by atoms with Crippen LogP contribution in [-0.2, 0) is 0 Å². The molecule has 0 radical (unpaired) electrons. The topological polar surface area (TPSA) is 80.0 Å². The number of carbonyl (C=O) groups excluding carboxylic acids is 1. The van der Waals surface area contributed by atoms with E-state index in [1.54, 1.807) is 50.2 Å². The van der Waals surface area contributed by atoms with E-state index in [2.05, 4.69) is 15.6 Å². The van der Waals surface area contributed by atoms with Gasteiger partial charge in [-0.05, 0) is 55.8 Å². The van der Waals surface area contributed by atoms with Crippen molar-refractivity contribution in [1.82, 2.24) is 15.0 Å². The summed E-state index contributed by atoms with van der Waals surface area (Å²) in [6.07, 6.45) is -0.627. The van der Waals surface area contributed by atoms with Crippen molar-refractivity contribution in [3.63, 3.8) is 0 Å². The number of aliphatic hydroxyl groups excluding tert-OH is 1. The minimum absolute atomic E-state index is 0.173. The van der Waals surface area contributed by atoms with Gasteiger partial charge in [0.25, 0.3) is 5.91 Å². The first kappa shape index (κ1) is 16.8. The second kappa shape index (κ2) is 6.82. The normalized spacial score (nSPS) is 12.0. The number of rotatable bonds is 4. The second-order valence-electron chi connectivity index (χ2n) is 5.67. The minimum Gasteiger partial charge on any atom is -0.389 e. The molecule has 0 spiro atoms. The van der Waals surface area contributed by atoms with Gasteiger partial charge in [-0.25, -0.2) is 9.07 Å². The van der Waals surface area contributed by atoms with Crippen molar-refractivity contribution >= 4 is 11.6 Å². The maximum atomic E-state index is 13.0. The molecule has 3 rings (SSSR count). The first-order valence-corrected chi connectivity index (χ1v) is 7.73. The van der Waals surface area contributed by atoms with Crippen LogP contribution in [0.2, 0.25) is 0 Å². The average Bonchev–Trinajstić information content (AvgIpc) is 2.97. The molecule has 0 bridgehead atoms. The van der Waals surface area contributed by atoms with E-state index in [0.29, 0.717) is 22.6 Å². The molecular formula is C18H17FN4O2. The van der Waals surface area contributed by atoms with E-state index in [-0.39, 0.29) is 11.5 Å². The number of nitrogens with zero attached hydrogens (tertiary/aromatic N) is 3. The summed E-state index contributed by atoms with van der Waals surface area (Å²) >= 11 is 0. The lowest BCUT2D eigenvalue weighted by atomic mass is 10.1. The summed E-state index contributed by atoms with van der Waals surface area (Å²) in [7, 11) is 0. The number of amides is 1. The summed E-state index contributed by atoms with van der Waals surface area (Å²) in [5.74, 6) is -0.758. The van der Waals surface area contributed by atoms with E-state index in [1.807, 2.05) is 0 Å². The fourth-order valence-electron chi connectivity index (χ4n) is 2.43. The Morgan fingerprint density at radius 2 is 1.96 bits per heavy atom. The Morgan fingerprint density at radius 1 is 1.24 bits per heavy atom. The van der Waals surface area contributed by atoms with Crippen LogP contribution in [0.3, 0.4) is 0 Å². The Kier molecular flexibility index (Phi) is 4.58. The molecule has 25 heavy (non-hydrogen) atoms. The zero-order chi connectivity index (χ0) is 18.0. The predicted molar refractivity (Wildman–Crippen MR) is 91.1 cm³/mol. The standard InChI is InChI=1S/C18H17FN4O2/c1-11-17(21-22-23(11)16-8-6-14(19)7-9-16)18(25)20-15-5-3-4-13(10-15)12(2)24/h3-10,12,24H,1-2H3,(H,20,25)/t12-/m0/s1. The third-order valence-corrected chi connectivity index (χ3v) is 3.81. The lowest BCUT2D eigenvalue weighted by molar-refractivity contribution is 0.102. The molecule has 7 heteroatoms. The van der Waals surface area contributed by atoms with E-state index in [4.69, 9.17) is 0 Å². The molecule has 128 valence electrons. The highest BCUT2D eigenvalue weighted by molar-refractivity contribution is 6.03. The molecule has 0 aliphatic rings. The predicted octanol–water partition coefficient (Wildman–Crippen LogP) is 3.02. The lowest BCUT2D eigenvalue weighted by Crippen LogP contribution is -2.14. The van der Waals surface area contributed by atoms with Crippen molar-refractivity contribution in [2.75, 3.05) is 5.32 Å². The van der Waals surface area contributed by atoms with Crippen LogP contribution in [0, 0.1) is 12.7 Å². The quantitative estimate of drug-likeness (QED) is 0.765. The first-order chi connectivity index (χ1) is 12.0. The van der Waals surface area contributed by atoms with Crippen LogP contribution in [0.1, 0.15) is 34.8 Å². The largest absolute Gasteiger partial charge is 0.389 e. The molecule has 0 saturated carbocycles. The van der Waals surface area contributed by atoms with E-state index in [1.165, 1.54) is 16.8 Å². The summed E-state index contributed by atoms with van der Waals surface area (Å²) < 4.78 is 14.5. The monoisotopic (exact) mass is 340 g/mol. The van der Waals surface area contributed by atoms with Gasteiger partial charge in [0.1, 0.15) is 5.82 Å². The van der Waals surface area contributed by atoms with Crippen molar-refractivity contribution in [2.24, 2.45) is 0 Å². The third kappa shape index (κ3) is 3.56. The third-order valence-electron chi connectivity index (χ3n) is 3.81. The molecule has 1 amide bonds. The summed E-state index contributed by atoms with van der Waals surface area (Å²) in [4.78, 5) is 12.5. The highest BCUT2D eigenvalue weighted by atomic mass is 19.1. The van der Waals surface area contributed by atoms with Crippen molar-refractivity contribution in [3.05, 3.63) is 71.3 Å². The molecular weight excluding hydrogens is 323 g/mol. The zero-order valence-electron chi connectivity index (χ0n) is 13.8. The van der Waals surface area contributed by atoms with Crippen molar-refractivity contribution in [2.45, 2.75) is 20.0 Å². The lowest BCUT2D eigenvalue weighted by Gasteiger charge is -2.08.